The summed E-state index contributed by atoms with van der Waals surface area (Å²) in [5.41, 5.74) is 8.24. The van der Waals surface area contributed by atoms with Gasteiger partial charge in [-0.05, 0) is 67.8 Å². The molecule has 2 heterocycles. The molecule has 4 aromatic carbocycles. The number of anilines is 1. The molecule has 12 heteroatoms. The van der Waals surface area contributed by atoms with E-state index in [-0.39, 0.29) is 40.4 Å². The van der Waals surface area contributed by atoms with Crippen molar-refractivity contribution in [2.45, 2.75) is 31.6 Å². The lowest BCUT2D eigenvalue weighted by Gasteiger charge is -2.13. The van der Waals surface area contributed by atoms with Gasteiger partial charge in [0, 0.05) is 52.2 Å². The summed E-state index contributed by atoms with van der Waals surface area (Å²) in [7, 11) is 0. The van der Waals surface area contributed by atoms with Crippen LogP contribution < -0.4 is 10.5 Å². The van der Waals surface area contributed by atoms with Gasteiger partial charge < -0.3 is 15.2 Å². The number of hydrogen-bond acceptors (Lipinski definition) is 6. The third kappa shape index (κ3) is 6.91. The largest absolute Gasteiger partial charge is 0.463 e. The number of nitrogens with zero attached hydrogens (tertiary/aromatic N) is 3. The average molecular weight is 687 g/mol. The van der Waals surface area contributed by atoms with E-state index in [0.717, 1.165) is 27.3 Å². The zero-order valence-corrected chi connectivity index (χ0v) is 27.4. The van der Waals surface area contributed by atoms with Crippen molar-refractivity contribution in [1.82, 2.24) is 13.8 Å². The van der Waals surface area contributed by atoms with E-state index in [4.69, 9.17) is 15.2 Å². The first-order valence-electron chi connectivity index (χ1n) is 15.2. The van der Waals surface area contributed by atoms with Crippen LogP contribution >= 0.6 is 11.9 Å². The first kappa shape index (κ1) is 33.4. The highest BCUT2D eigenvalue weighted by molar-refractivity contribution is 7.98. The number of rotatable bonds is 10. The number of esters is 1. The Labute approximate surface area is 283 Å². The van der Waals surface area contributed by atoms with E-state index >= 15 is 17.6 Å². The van der Waals surface area contributed by atoms with Gasteiger partial charge in [-0.15, -0.1) is 0 Å². The number of carbonyl (C=O) groups excluding carboxylic acids is 1. The van der Waals surface area contributed by atoms with Gasteiger partial charge in [0.2, 0.25) is 0 Å². The lowest BCUT2D eigenvalue weighted by atomic mass is 9.95. The Morgan fingerprint density at radius 1 is 0.980 bits per heavy atom. The predicted octanol–water partition coefficient (Wildman–Crippen LogP) is 9.35. The Morgan fingerprint density at radius 3 is 2.51 bits per heavy atom. The number of aromatic nitrogens is 3. The molecular weight excluding hydrogens is 656 g/mol. The number of benzene rings is 4. The minimum Gasteiger partial charge on any atom is -0.463 e. The summed E-state index contributed by atoms with van der Waals surface area (Å²) in [6.07, 6.45) is 4.10. The van der Waals surface area contributed by atoms with E-state index < -0.39 is 40.9 Å². The van der Waals surface area contributed by atoms with Crippen LogP contribution in [0.3, 0.4) is 0 Å². The minimum absolute atomic E-state index is 0.0304. The summed E-state index contributed by atoms with van der Waals surface area (Å²) in [4.78, 5) is 12.6. The molecule has 49 heavy (non-hydrogen) atoms. The van der Waals surface area contributed by atoms with Gasteiger partial charge in [0.25, 0.3) is 0 Å². The van der Waals surface area contributed by atoms with Crippen LogP contribution in [0.15, 0.2) is 96.0 Å². The van der Waals surface area contributed by atoms with Crippen molar-refractivity contribution >= 4 is 40.7 Å². The van der Waals surface area contributed by atoms with Crippen LogP contribution in [0.2, 0.25) is 0 Å². The maximum atomic E-state index is 15.7. The topological polar surface area (TPSA) is 84.3 Å². The zero-order valence-electron chi connectivity index (χ0n) is 26.6. The van der Waals surface area contributed by atoms with E-state index in [1.807, 2.05) is 31.2 Å². The maximum Gasteiger partial charge on any atom is 0.330 e. The quantitative estimate of drug-likeness (QED) is 0.0879. The van der Waals surface area contributed by atoms with Crippen LogP contribution in [0.25, 0.3) is 22.7 Å². The SMILES string of the molecule is CCOC(=O)/C=C/c1cccc(C(C)c2cc(N)n(-c3cc(Oc4c(F)cc5c(ccn5Sc5ccc(C)cc5)c4F)ccc3F)n2)c1F. The minimum atomic E-state index is -0.948. The number of aryl methyl sites for hydroxylation is 1. The normalized spacial score (nSPS) is 12.1. The number of halogens is 4. The molecule has 1 unspecified atom stereocenters. The Balaban J connectivity index is 1.27. The molecule has 0 amide bonds. The predicted molar refractivity (Wildman–Crippen MR) is 182 cm³/mol. The molecule has 6 aromatic rings. The van der Waals surface area contributed by atoms with Gasteiger partial charge in [0.1, 0.15) is 28.9 Å². The van der Waals surface area contributed by atoms with Crippen LogP contribution in [0.4, 0.5) is 23.4 Å². The van der Waals surface area contributed by atoms with Crippen molar-refractivity contribution in [2.24, 2.45) is 0 Å². The van der Waals surface area contributed by atoms with Gasteiger partial charge in [0.15, 0.2) is 17.4 Å². The summed E-state index contributed by atoms with van der Waals surface area (Å²) in [5, 5.41) is 4.58. The molecule has 0 spiro atoms. The van der Waals surface area contributed by atoms with Crippen LogP contribution in [-0.2, 0) is 9.53 Å². The van der Waals surface area contributed by atoms with Crippen LogP contribution in [0.5, 0.6) is 11.5 Å². The Kier molecular flexibility index (Phi) is 9.50. The number of carbonyl (C=O) groups is 1. The summed E-state index contributed by atoms with van der Waals surface area (Å²) >= 11 is 1.31. The molecule has 0 aliphatic heterocycles. The first-order chi connectivity index (χ1) is 23.5. The van der Waals surface area contributed by atoms with E-state index in [1.165, 1.54) is 54.4 Å². The van der Waals surface area contributed by atoms with Gasteiger partial charge >= 0.3 is 5.97 Å². The highest BCUT2D eigenvalue weighted by Crippen LogP contribution is 2.37. The zero-order chi connectivity index (χ0) is 34.8. The lowest BCUT2D eigenvalue weighted by Crippen LogP contribution is -2.06. The Hall–Kier alpha value is -5.49. The van der Waals surface area contributed by atoms with Crippen LogP contribution in [-0.4, -0.2) is 26.3 Å². The highest BCUT2D eigenvalue weighted by atomic mass is 32.2. The molecule has 1 atom stereocenters. The number of fused-ring (bicyclic) bond motifs is 1. The fourth-order valence-corrected chi connectivity index (χ4v) is 6.10. The summed E-state index contributed by atoms with van der Waals surface area (Å²) in [6.45, 7) is 5.53. The molecule has 2 N–H and O–H groups in total. The van der Waals surface area contributed by atoms with Crippen molar-refractivity contribution < 1.29 is 31.8 Å². The molecule has 6 rings (SSSR count). The molecule has 0 saturated carbocycles. The Morgan fingerprint density at radius 2 is 1.76 bits per heavy atom. The van der Waals surface area contributed by atoms with Gasteiger partial charge in [-0.2, -0.15) is 5.10 Å². The molecule has 0 radical (unpaired) electrons. The first-order valence-corrected chi connectivity index (χ1v) is 16.0. The average Bonchev–Trinajstić information content (AvgIpc) is 3.67. The molecular formula is C37H30F4N4O3S. The molecule has 7 nitrogen and oxygen atoms in total. The number of nitrogens with two attached hydrogens (primary N) is 1. The maximum absolute atomic E-state index is 15.7. The second-order valence-electron chi connectivity index (χ2n) is 11.2. The highest BCUT2D eigenvalue weighted by Gasteiger charge is 2.23. The third-order valence-electron chi connectivity index (χ3n) is 7.81. The molecule has 250 valence electrons. The van der Waals surface area contributed by atoms with E-state index in [0.29, 0.717) is 11.2 Å². The second-order valence-corrected chi connectivity index (χ2v) is 12.2. The molecule has 0 saturated heterocycles. The standard InChI is InChI=1S/C37H30F4N4O3S/c1-4-47-34(46)15-10-23-6-5-7-26(35(23)40)22(3)30-20-33(42)45(43-30)32-18-24(11-14-28(32)38)48-37-29(39)19-31-27(36(37)41)16-17-44(31)49-25-12-8-21(2)9-13-25/h5-20,22H,4,42H2,1-3H3/b15-10+. The second kappa shape index (κ2) is 13.9. The molecule has 0 aliphatic rings. The van der Waals surface area contributed by atoms with Gasteiger partial charge in [-0.3, -0.25) is 3.97 Å². The summed E-state index contributed by atoms with van der Waals surface area (Å²) in [6, 6.07) is 20.1. The molecule has 0 bridgehead atoms. The van der Waals surface area contributed by atoms with Gasteiger partial charge in [-0.25, -0.2) is 27.0 Å². The Bertz CT molecular complexity index is 2210. The number of ether oxygens (including phenoxy) is 2. The fourth-order valence-electron chi connectivity index (χ4n) is 5.25. The van der Waals surface area contributed by atoms with E-state index in [2.05, 4.69) is 5.10 Å². The van der Waals surface area contributed by atoms with Gasteiger partial charge in [0.05, 0.1) is 17.8 Å². The smallest absolute Gasteiger partial charge is 0.330 e. The van der Waals surface area contributed by atoms with Crippen molar-refractivity contribution in [3.8, 4) is 17.2 Å². The van der Waals surface area contributed by atoms with Crippen molar-refractivity contribution in [3.05, 3.63) is 137 Å². The van der Waals surface area contributed by atoms with Gasteiger partial charge in [-0.1, -0.05) is 42.8 Å². The summed E-state index contributed by atoms with van der Waals surface area (Å²) < 4.78 is 74.9. The molecule has 2 aromatic heterocycles. The van der Waals surface area contributed by atoms with Crippen molar-refractivity contribution in [1.29, 1.82) is 0 Å². The fraction of sp³-hybridized carbons (Fsp3) is 0.135. The van der Waals surface area contributed by atoms with Crippen molar-refractivity contribution in [3.63, 3.8) is 0 Å². The van der Waals surface area contributed by atoms with Crippen LogP contribution in [0.1, 0.15) is 42.1 Å². The van der Waals surface area contributed by atoms with E-state index in [1.54, 1.807) is 36.1 Å². The third-order valence-corrected chi connectivity index (χ3v) is 8.80. The summed E-state index contributed by atoms with van der Waals surface area (Å²) in [5.74, 6) is -5.10. The van der Waals surface area contributed by atoms with Crippen LogP contribution in [0, 0.1) is 30.2 Å². The van der Waals surface area contributed by atoms with Crippen molar-refractivity contribution in [2.75, 3.05) is 12.3 Å². The number of hydrogen-bond donors (Lipinski definition) is 1. The van der Waals surface area contributed by atoms with E-state index in [9.17, 15) is 4.79 Å². The molecule has 0 aliphatic carbocycles. The number of nitrogen functional groups attached to an aromatic ring is 1. The monoisotopic (exact) mass is 686 g/mol. The lowest BCUT2D eigenvalue weighted by molar-refractivity contribution is -0.137. The molecule has 0 fully saturated rings.